The molecule has 1 saturated heterocycles. The summed E-state index contributed by atoms with van der Waals surface area (Å²) in [5, 5.41) is 20.8. The van der Waals surface area contributed by atoms with Gasteiger partial charge in [0.1, 0.15) is 128 Å². The summed E-state index contributed by atoms with van der Waals surface area (Å²) in [6.07, 6.45) is 18.7. The second-order valence-corrected chi connectivity index (χ2v) is 41.8. The highest BCUT2D eigenvalue weighted by atomic mass is 32.2. The molecule has 0 unspecified atom stereocenters. The molecule has 3 saturated carbocycles. The molecule has 150 heavy (non-hydrogen) atoms. The van der Waals surface area contributed by atoms with E-state index in [1.807, 2.05) is 39.1 Å². The molecule has 0 spiro atoms. The minimum Gasteiger partial charge on any atom is -0.399 e. The molecule has 0 bridgehead atoms. The molecule has 10 N–H and O–H groups in total. The number of ether oxygens (including phenoxy) is 1. The lowest BCUT2D eigenvalue weighted by Crippen LogP contribution is -2.54. The van der Waals surface area contributed by atoms with Gasteiger partial charge in [-0.2, -0.15) is 0 Å². The van der Waals surface area contributed by atoms with Crippen molar-refractivity contribution in [2.24, 2.45) is 51.8 Å². The topological polar surface area (TPSA) is 441 Å². The summed E-state index contributed by atoms with van der Waals surface area (Å²) in [5.74, 6) is -14.1. The number of aliphatic hydroxyl groups is 1. The number of nitrogens with zero attached hydrogens (tertiary/aromatic N) is 13. The van der Waals surface area contributed by atoms with E-state index in [9.17, 15) is 88.7 Å². The maximum atomic E-state index is 14.5. The first-order valence-corrected chi connectivity index (χ1v) is 51.5. The van der Waals surface area contributed by atoms with Crippen LogP contribution < -0.4 is 32.6 Å². The number of nitrogens with one attached hydrogen (secondary N) is 1. The summed E-state index contributed by atoms with van der Waals surface area (Å²) < 4.78 is 230. The molecule has 3 aliphatic carbocycles. The van der Waals surface area contributed by atoms with Crippen LogP contribution in [0.2, 0.25) is 0 Å². The zero-order chi connectivity index (χ0) is 108. The van der Waals surface area contributed by atoms with Gasteiger partial charge in [-0.3, -0.25) is 39.1 Å². The second-order valence-electron chi connectivity index (χ2n) is 37.7. The number of hydrogen-bond donors (Lipinski definition) is 6. The Morgan fingerprint density at radius 1 is 0.440 bits per heavy atom. The summed E-state index contributed by atoms with van der Waals surface area (Å²) >= 11 is 0. The van der Waals surface area contributed by atoms with Gasteiger partial charge in [-0.1, -0.05) is 62.3 Å². The number of aromatic nitrogens is 11. The predicted molar refractivity (Wildman–Crippen MR) is 535 cm³/mol. The Hall–Kier alpha value is -14.1. The Kier molecular flexibility index (Phi) is 36.6. The summed E-state index contributed by atoms with van der Waals surface area (Å²) in [4.78, 5) is 92.2. The van der Waals surface area contributed by atoms with Gasteiger partial charge < -0.3 is 42.5 Å². The normalized spacial score (nSPS) is 21.0. The number of hydrogen-bond acceptors (Lipinski definition) is 27. The molecule has 14 atom stereocenters. The molecule has 29 nitrogen and oxygen atoms in total. The van der Waals surface area contributed by atoms with Crippen molar-refractivity contribution in [1.82, 2.24) is 59.6 Å². The number of aliphatic hydroxyl groups excluding tert-OH is 1. The molecule has 4 aliphatic rings. The van der Waals surface area contributed by atoms with Crippen LogP contribution in [0.15, 0.2) is 207 Å². The van der Waals surface area contributed by atoms with Crippen LogP contribution >= 0.6 is 0 Å². The first-order chi connectivity index (χ1) is 71.5. The quantitative estimate of drug-likeness (QED) is 0.0144. The molecule has 13 aromatic rings. The maximum Gasteiger partial charge on any atom is 0.209 e. The van der Waals surface area contributed by atoms with Crippen molar-refractivity contribution in [3.05, 3.63) is 339 Å². The van der Waals surface area contributed by atoms with Crippen LogP contribution in [0.3, 0.4) is 0 Å². The fourth-order valence-electron chi connectivity index (χ4n) is 20.4. The Morgan fingerprint density at radius 2 is 0.807 bits per heavy atom. The molecule has 43 heteroatoms. The van der Waals surface area contributed by atoms with Crippen molar-refractivity contribution in [1.29, 1.82) is 0 Å². The van der Waals surface area contributed by atoms with E-state index in [4.69, 9.17) is 37.6 Å². The Balaban J connectivity index is 0.000000158. The largest absolute Gasteiger partial charge is 0.399 e. The molecule has 0 amide bonds. The van der Waals surface area contributed by atoms with Gasteiger partial charge in [-0.05, 0) is 235 Å². The smallest absolute Gasteiger partial charge is 0.209 e. The van der Waals surface area contributed by atoms with Crippen molar-refractivity contribution in [3.63, 3.8) is 0 Å². The molecule has 788 valence electrons. The van der Waals surface area contributed by atoms with Crippen LogP contribution in [0.25, 0.3) is 45.0 Å². The fraction of sp³-hybridized carbons (Fsp3) is 0.336. The van der Waals surface area contributed by atoms with Crippen molar-refractivity contribution in [3.8, 4) is 45.0 Å². The number of oxime groups is 1. The maximum absolute atomic E-state index is 14.5. The van der Waals surface area contributed by atoms with E-state index in [-0.39, 0.29) is 114 Å². The minimum absolute atomic E-state index is 0.0438. The van der Waals surface area contributed by atoms with E-state index >= 15 is 0 Å². The zero-order valence-electron chi connectivity index (χ0n) is 82.2. The standard InChI is InChI=1S/C28H28F3N7O2.C27H28F3N3O4S.C26H27F3N4O3S.C26H25F3N4O2/c1-16-12-37(14-22(32)28(16)38-13-18(15-40-2)35-36-38)24-8-9-33-11-17(24)10-25(39)23-7-6-21(31)27(34-23)26-19(29)4-3-5-20(26)30;1-15-11-16(12-22(31)27(15)38(36,37)10-9-34)18-7-8-32-14-17(18)13-24(35)23-6-5-21(30)26(33-23)25-19(28)3-2-4-20(25)29;1-14-10-15(11-21(30)25(14)33-37(2,35)36)17-8-9-31-13-16(17)12-23(34)22-7-6-20(29)26(32-22)24-18(27)4-3-5-19(24)28;1-14-10-15(11-21(30)25(14)33-35-2)17-8-9-31-13-16(17)12-23(34)22-7-6-20(29)26(32-22)24-18(27)4-3-5-19(24)28/h3-9,11,13,16,22,28H,10,12,14-15,32H2,1-2H3;2-8,14-16,22,27,34H,9-13,31H2,1H3;3-9,13-15,21,25,33H,10-12,30H2,1-2H3;3-9,13-15,21H,10-12,30H2,1-2H3/b;;;33-25-/t16-,22+,28-;15-,16+,22+,27-;14-,15+,21+,25+;14-,15+,21+/m0010/s1. The number of carbonyl (C=O) groups is 4. The molecule has 0 radical (unpaired) electrons. The highest BCUT2D eigenvalue weighted by Gasteiger charge is 2.44. The average Bonchev–Trinajstić information content (AvgIpc) is 0.990. The molecule has 10 heterocycles. The Morgan fingerprint density at radius 3 is 1.16 bits per heavy atom. The summed E-state index contributed by atoms with van der Waals surface area (Å²) in [6, 6.07) is 26.3. The molecule has 9 aromatic heterocycles. The van der Waals surface area contributed by atoms with Crippen molar-refractivity contribution in [2.45, 2.75) is 158 Å². The molecule has 4 fully saturated rings. The van der Waals surface area contributed by atoms with E-state index in [1.165, 1.54) is 43.6 Å². The third kappa shape index (κ3) is 26.3. The number of sulfonamides is 1. The SMILES string of the molecule is CO/N=C1\[C@H](N)C[C@H](c2ccncc2CC(=O)c2ccc(F)c(-c3c(F)cccc3F)n2)C[C@@H]1C.COCc1cn([C@@H]2[C@H](N)CN(c3ccncc3CC(=O)c3ccc(F)c(-c4c(F)cccc4F)n3)C[C@@H]2C)nn1.C[C@@H]1C[C@H](c2ccncc2CC(=O)c2ccc(F)c(-c3c(F)cccc3F)n2)C[C@H](N)[C@H]1NS(C)(=O)=O.C[C@H]1C[C@@H](c2ccncc2CC(=O)c2ccc(F)c(-c3c(F)cccc3F)n2)C[C@@H](N)[C@H]1S(=O)(=O)CCO. The number of carbonyl (C=O) groups excluding carboxylic acids is 4. The molecule has 4 aromatic carbocycles. The van der Waals surface area contributed by atoms with Gasteiger partial charge in [-0.25, -0.2) is 98.9 Å². The van der Waals surface area contributed by atoms with E-state index in [2.05, 4.69) is 71.9 Å². The van der Waals surface area contributed by atoms with Gasteiger partial charge in [0.05, 0.1) is 70.7 Å². The van der Waals surface area contributed by atoms with E-state index < -0.39 is 188 Å². The van der Waals surface area contributed by atoms with Crippen LogP contribution in [-0.2, 0) is 61.7 Å². The first kappa shape index (κ1) is 112. The number of nitrogens with two attached hydrogens (primary N) is 4. The number of sulfone groups is 1. The Bertz CT molecular complexity index is 7280. The van der Waals surface area contributed by atoms with Gasteiger partial charge in [0.15, 0.2) is 33.0 Å². The lowest BCUT2D eigenvalue weighted by molar-refractivity contribution is 0.0979. The number of rotatable bonds is 29. The first-order valence-electron chi connectivity index (χ1n) is 47.9. The van der Waals surface area contributed by atoms with Gasteiger partial charge in [-0.15, -0.1) is 5.10 Å². The highest BCUT2D eigenvalue weighted by molar-refractivity contribution is 7.92. The van der Waals surface area contributed by atoms with E-state index in [1.54, 1.807) is 67.3 Å². The number of pyridine rings is 8. The lowest BCUT2D eigenvalue weighted by Gasteiger charge is -2.42. The van der Waals surface area contributed by atoms with Crippen LogP contribution in [0.5, 0.6) is 0 Å². The van der Waals surface area contributed by atoms with Gasteiger partial charge in [0.2, 0.25) is 10.0 Å². The van der Waals surface area contributed by atoms with Crippen LogP contribution in [0.4, 0.5) is 58.4 Å². The van der Waals surface area contributed by atoms with Gasteiger partial charge in [0.25, 0.3) is 0 Å². The second kappa shape index (κ2) is 49.2. The fourth-order valence-corrected chi connectivity index (χ4v) is 23.3. The predicted octanol–water partition coefficient (Wildman–Crippen LogP) is 15.9. The number of Topliss-reactive ketones (excluding diaryl/α,β-unsaturated/α-hetero) is 4. The number of halogens is 12. The number of anilines is 1. The third-order valence-corrected chi connectivity index (χ3v) is 30.2. The summed E-state index contributed by atoms with van der Waals surface area (Å²) in [5.41, 5.74) is 27.7. The van der Waals surface area contributed by atoms with E-state index in [0.29, 0.717) is 74.1 Å². The average molecular weight is 2110 g/mol. The molecule has 17 rings (SSSR count). The highest BCUT2D eigenvalue weighted by Crippen LogP contribution is 2.44. The summed E-state index contributed by atoms with van der Waals surface area (Å²) in [6.45, 7) is 8.85. The van der Waals surface area contributed by atoms with Crippen LogP contribution in [-0.4, -0.2) is 187 Å². The van der Waals surface area contributed by atoms with Crippen molar-refractivity contribution in [2.75, 3.05) is 50.8 Å². The van der Waals surface area contributed by atoms with Gasteiger partial charge >= 0.3 is 0 Å². The molecular formula is C107H108F12N18O11S2. The number of methoxy groups -OCH3 is 1. The monoisotopic (exact) mass is 2110 g/mol. The van der Waals surface area contributed by atoms with Gasteiger partial charge in [0, 0.05) is 137 Å². The lowest BCUT2D eigenvalue weighted by atomic mass is 9.73. The van der Waals surface area contributed by atoms with Crippen molar-refractivity contribution < 1.29 is 103 Å². The van der Waals surface area contributed by atoms with Crippen LogP contribution in [0.1, 0.15) is 177 Å². The van der Waals surface area contributed by atoms with E-state index in [0.717, 1.165) is 137 Å². The number of ketones is 4. The number of benzene rings is 4. The zero-order valence-corrected chi connectivity index (χ0v) is 83.9. The van der Waals surface area contributed by atoms with Crippen LogP contribution in [0, 0.1) is 93.5 Å². The number of piperidine rings is 1. The Labute approximate surface area is 856 Å². The minimum atomic E-state index is -3.57. The summed E-state index contributed by atoms with van der Waals surface area (Å²) in [7, 11) is -3.92. The third-order valence-electron chi connectivity index (χ3n) is 27.1. The molecule has 1 aliphatic heterocycles. The van der Waals surface area contributed by atoms with Crippen molar-refractivity contribution >= 4 is 54.4 Å². The molecular weight excluding hydrogens is 2010 g/mol.